The summed E-state index contributed by atoms with van der Waals surface area (Å²) in [6, 6.07) is 0.351. The van der Waals surface area contributed by atoms with E-state index in [9.17, 15) is 0 Å². The Morgan fingerprint density at radius 1 is 1.67 bits per heavy atom. The molecule has 0 saturated carbocycles. The lowest BCUT2D eigenvalue weighted by atomic mass is 10.1. The largest absolute Gasteiger partial charge is 0.312 e. The number of nitrogens with zero attached hydrogens (tertiary/aromatic N) is 2. The average molecular weight is 168 g/mol. The van der Waals surface area contributed by atoms with E-state index in [1.807, 2.05) is 7.05 Å². The van der Waals surface area contributed by atoms with Gasteiger partial charge in [0.1, 0.15) is 0 Å². The van der Waals surface area contributed by atoms with Gasteiger partial charge in [0.05, 0.1) is 17.9 Å². The number of nitrogens with one attached hydrogen (secondary N) is 2. The van der Waals surface area contributed by atoms with E-state index in [1.54, 1.807) is 6.20 Å². The second kappa shape index (κ2) is 4.87. The summed E-state index contributed by atoms with van der Waals surface area (Å²) in [4.78, 5) is 0. The molecule has 2 N–H and O–H groups in total. The molecule has 0 radical (unpaired) electrons. The van der Waals surface area contributed by atoms with Crippen molar-refractivity contribution in [1.29, 1.82) is 0 Å². The molecule has 0 amide bonds. The van der Waals surface area contributed by atoms with Crippen molar-refractivity contribution in [3.63, 3.8) is 0 Å². The zero-order valence-corrected chi connectivity index (χ0v) is 7.67. The lowest BCUT2D eigenvalue weighted by molar-refractivity contribution is 0.510. The van der Waals surface area contributed by atoms with Crippen molar-refractivity contribution in [3.8, 4) is 0 Å². The van der Waals surface area contributed by atoms with Crippen LogP contribution in [0.15, 0.2) is 6.20 Å². The van der Waals surface area contributed by atoms with Crippen LogP contribution in [0.3, 0.4) is 0 Å². The van der Waals surface area contributed by atoms with E-state index in [0.717, 1.165) is 12.1 Å². The highest BCUT2D eigenvalue weighted by molar-refractivity contribution is 4.98. The second-order valence-electron chi connectivity index (χ2n) is 2.88. The third-order valence-electron chi connectivity index (χ3n) is 1.99. The summed E-state index contributed by atoms with van der Waals surface area (Å²) in [5, 5.41) is 13.7. The summed E-state index contributed by atoms with van der Waals surface area (Å²) in [6.45, 7) is 2.19. The first-order valence-electron chi connectivity index (χ1n) is 4.41. The van der Waals surface area contributed by atoms with Crippen LogP contribution in [-0.2, 0) is 0 Å². The Hall–Kier alpha value is -0.900. The number of unbranched alkanes of at least 4 members (excludes halogenated alkanes) is 1. The highest BCUT2D eigenvalue weighted by Gasteiger charge is 2.10. The highest BCUT2D eigenvalue weighted by Crippen LogP contribution is 2.14. The van der Waals surface area contributed by atoms with Crippen LogP contribution in [0, 0.1) is 0 Å². The molecule has 1 unspecified atom stereocenters. The van der Waals surface area contributed by atoms with Crippen LogP contribution in [0.25, 0.3) is 0 Å². The first-order valence-corrected chi connectivity index (χ1v) is 4.41. The summed E-state index contributed by atoms with van der Waals surface area (Å²) in [5.74, 6) is 0. The Balaban J connectivity index is 2.45. The zero-order valence-electron chi connectivity index (χ0n) is 7.67. The molecule has 0 spiro atoms. The molecule has 0 aliphatic carbocycles. The van der Waals surface area contributed by atoms with Gasteiger partial charge in [0.2, 0.25) is 0 Å². The van der Waals surface area contributed by atoms with Gasteiger partial charge in [-0.2, -0.15) is 15.4 Å². The molecule has 4 nitrogen and oxygen atoms in total. The number of H-pyrrole nitrogens is 1. The number of aromatic amines is 1. The van der Waals surface area contributed by atoms with Gasteiger partial charge in [0, 0.05) is 0 Å². The first-order chi connectivity index (χ1) is 5.88. The van der Waals surface area contributed by atoms with Crippen molar-refractivity contribution in [3.05, 3.63) is 11.9 Å². The van der Waals surface area contributed by atoms with E-state index in [0.29, 0.717) is 6.04 Å². The topological polar surface area (TPSA) is 53.6 Å². The van der Waals surface area contributed by atoms with Crippen molar-refractivity contribution >= 4 is 0 Å². The third-order valence-corrected chi connectivity index (χ3v) is 1.99. The molecule has 1 atom stereocenters. The van der Waals surface area contributed by atoms with Crippen molar-refractivity contribution < 1.29 is 0 Å². The van der Waals surface area contributed by atoms with Crippen molar-refractivity contribution in [2.45, 2.75) is 32.2 Å². The maximum atomic E-state index is 4.04. The Bertz CT molecular complexity index is 195. The molecular formula is C8H16N4. The van der Waals surface area contributed by atoms with Gasteiger partial charge >= 0.3 is 0 Å². The predicted octanol–water partition coefficient (Wildman–Crippen LogP) is 1.26. The molecule has 1 rings (SSSR count). The lowest BCUT2D eigenvalue weighted by Crippen LogP contribution is -2.16. The summed E-state index contributed by atoms with van der Waals surface area (Å²) >= 11 is 0. The molecule has 1 aromatic rings. The summed E-state index contributed by atoms with van der Waals surface area (Å²) < 4.78 is 0. The average Bonchev–Trinajstić information content (AvgIpc) is 2.59. The predicted molar refractivity (Wildman–Crippen MR) is 47.7 cm³/mol. The standard InChI is InChI=1S/C8H16N4/c1-3-4-5-7(9-2)8-6-10-12-11-8/h6-7,9H,3-5H2,1-2H3,(H,10,11,12). The van der Waals surface area contributed by atoms with Crippen molar-refractivity contribution in [2.24, 2.45) is 0 Å². The van der Waals surface area contributed by atoms with Gasteiger partial charge < -0.3 is 5.32 Å². The summed E-state index contributed by atoms with van der Waals surface area (Å²) in [5.41, 5.74) is 1.01. The quantitative estimate of drug-likeness (QED) is 0.695. The third kappa shape index (κ3) is 2.30. The Morgan fingerprint density at radius 2 is 2.50 bits per heavy atom. The fourth-order valence-electron chi connectivity index (χ4n) is 1.23. The fraction of sp³-hybridized carbons (Fsp3) is 0.750. The number of rotatable bonds is 5. The van der Waals surface area contributed by atoms with E-state index >= 15 is 0 Å². The monoisotopic (exact) mass is 168 g/mol. The van der Waals surface area contributed by atoms with Crippen LogP contribution >= 0.6 is 0 Å². The molecule has 0 saturated heterocycles. The molecule has 12 heavy (non-hydrogen) atoms. The van der Waals surface area contributed by atoms with Gasteiger partial charge in [-0.25, -0.2) is 0 Å². The van der Waals surface area contributed by atoms with E-state index in [4.69, 9.17) is 0 Å². The number of aromatic nitrogens is 3. The number of hydrogen-bond acceptors (Lipinski definition) is 3. The molecule has 0 bridgehead atoms. The van der Waals surface area contributed by atoms with Gasteiger partial charge in [-0.1, -0.05) is 19.8 Å². The smallest absolute Gasteiger partial charge is 0.0993 e. The van der Waals surface area contributed by atoms with Gasteiger partial charge in [-0.3, -0.25) is 0 Å². The molecule has 0 aromatic carbocycles. The molecular weight excluding hydrogens is 152 g/mol. The maximum Gasteiger partial charge on any atom is 0.0993 e. The minimum Gasteiger partial charge on any atom is -0.312 e. The maximum absolute atomic E-state index is 4.04. The van der Waals surface area contributed by atoms with Gasteiger partial charge in [0.15, 0.2) is 0 Å². The van der Waals surface area contributed by atoms with Crippen LogP contribution in [0.4, 0.5) is 0 Å². The van der Waals surface area contributed by atoms with E-state index in [1.165, 1.54) is 12.8 Å². The fourth-order valence-corrected chi connectivity index (χ4v) is 1.23. The van der Waals surface area contributed by atoms with Gasteiger partial charge in [0.25, 0.3) is 0 Å². The van der Waals surface area contributed by atoms with Crippen LogP contribution in [-0.4, -0.2) is 22.5 Å². The van der Waals surface area contributed by atoms with Crippen LogP contribution in [0.1, 0.15) is 37.9 Å². The zero-order chi connectivity index (χ0) is 8.81. The van der Waals surface area contributed by atoms with Crippen LogP contribution < -0.4 is 5.32 Å². The van der Waals surface area contributed by atoms with Gasteiger partial charge in [-0.05, 0) is 13.5 Å². The minimum absolute atomic E-state index is 0.351. The van der Waals surface area contributed by atoms with E-state index in [2.05, 4.69) is 27.7 Å². The van der Waals surface area contributed by atoms with E-state index in [-0.39, 0.29) is 0 Å². The van der Waals surface area contributed by atoms with Crippen molar-refractivity contribution in [1.82, 2.24) is 20.7 Å². The molecule has 4 heteroatoms. The lowest BCUT2D eigenvalue weighted by Gasteiger charge is -2.11. The Labute approximate surface area is 72.8 Å². The van der Waals surface area contributed by atoms with Crippen molar-refractivity contribution in [2.75, 3.05) is 7.05 Å². The molecule has 0 fully saturated rings. The Morgan fingerprint density at radius 3 is 3.00 bits per heavy atom. The first kappa shape index (κ1) is 9.19. The normalized spacial score (nSPS) is 13.2. The second-order valence-corrected chi connectivity index (χ2v) is 2.88. The Kier molecular flexibility index (Phi) is 3.73. The van der Waals surface area contributed by atoms with E-state index < -0.39 is 0 Å². The molecule has 0 aliphatic heterocycles. The highest BCUT2D eigenvalue weighted by atomic mass is 15.3. The summed E-state index contributed by atoms with van der Waals surface area (Å²) in [7, 11) is 1.95. The van der Waals surface area contributed by atoms with Crippen LogP contribution in [0.2, 0.25) is 0 Å². The number of hydrogen-bond donors (Lipinski definition) is 2. The molecule has 68 valence electrons. The molecule has 1 aromatic heterocycles. The molecule has 1 heterocycles. The van der Waals surface area contributed by atoms with Crippen LogP contribution in [0.5, 0.6) is 0 Å². The SMILES string of the molecule is CCCCC(NC)c1cn[nH]n1. The van der Waals surface area contributed by atoms with Gasteiger partial charge in [-0.15, -0.1) is 0 Å². The molecule has 0 aliphatic rings. The summed E-state index contributed by atoms with van der Waals surface area (Å²) in [6.07, 6.45) is 5.34. The minimum atomic E-state index is 0.351.